The number of phosphoric ester groups is 1. The van der Waals surface area contributed by atoms with Crippen LogP contribution in [0.4, 0.5) is 0 Å². The summed E-state index contributed by atoms with van der Waals surface area (Å²) in [6.07, 6.45) is 39.9. The summed E-state index contributed by atoms with van der Waals surface area (Å²) in [5.74, 6) is -0.929. The molecule has 1 aliphatic heterocycles. The van der Waals surface area contributed by atoms with Crippen LogP contribution in [0.25, 0.3) is 0 Å². The number of epoxide rings is 1. The molecule has 0 amide bonds. The Morgan fingerprint density at radius 2 is 1.33 bits per heavy atom. The molecule has 3 N–H and O–H groups in total. The number of phosphoric acid groups is 1. The number of unbranched alkanes of at least 4 members (excludes halogenated alkanes) is 12. The molecule has 52 heavy (non-hydrogen) atoms. The van der Waals surface area contributed by atoms with E-state index >= 15 is 0 Å². The number of carbonyl (C=O) groups is 2. The number of rotatable bonds is 35. The van der Waals surface area contributed by atoms with Gasteiger partial charge in [-0.15, -0.1) is 0 Å². The molecular formula is C41H70NO9P. The SMILES string of the molecule is CC/C=C\C/C=C\C\C=C/C=C/C=C/C1OC1CCCC(=O)OC(COC(=O)CCCCCCCCCCCCCCC)COP(=O)(O)OCCN. The van der Waals surface area contributed by atoms with Crippen molar-refractivity contribution < 1.29 is 42.3 Å². The van der Waals surface area contributed by atoms with Crippen LogP contribution in [0.3, 0.4) is 0 Å². The highest BCUT2D eigenvalue weighted by Crippen LogP contribution is 2.43. The fourth-order valence-corrected chi connectivity index (χ4v) is 6.13. The third-order valence-corrected chi connectivity index (χ3v) is 9.37. The zero-order valence-electron chi connectivity index (χ0n) is 32.2. The van der Waals surface area contributed by atoms with E-state index < -0.39 is 32.5 Å². The third kappa shape index (κ3) is 30.2. The molecule has 0 aromatic heterocycles. The maximum Gasteiger partial charge on any atom is 0.472 e. The predicted molar refractivity (Wildman–Crippen MR) is 210 cm³/mol. The first kappa shape index (κ1) is 47.7. The number of carbonyl (C=O) groups excluding carboxylic acids is 2. The molecule has 0 aromatic carbocycles. The first-order valence-corrected chi connectivity index (χ1v) is 21.4. The summed E-state index contributed by atoms with van der Waals surface area (Å²) in [5, 5.41) is 0. The van der Waals surface area contributed by atoms with Crippen LogP contribution in [0.5, 0.6) is 0 Å². The third-order valence-electron chi connectivity index (χ3n) is 8.38. The lowest BCUT2D eigenvalue weighted by Gasteiger charge is -2.19. The lowest BCUT2D eigenvalue weighted by Crippen LogP contribution is -2.29. The molecule has 1 rings (SSSR count). The summed E-state index contributed by atoms with van der Waals surface area (Å²) >= 11 is 0. The molecule has 4 unspecified atom stereocenters. The van der Waals surface area contributed by atoms with Gasteiger partial charge in [-0.05, 0) is 38.5 Å². The molecule has 1 saturated heterocycles. The molecule has 1 heterocycles. The molecule has 0 radical (unpaired) electrons. The van der Waals surface area contributed by atoms with Crippen molar-refractivity contribution in [3.63, 3.8) is 0 Å². The highest BCUT2D eigenvalue weighted by molar-refractivity contribution is 7.47. The van der Waals surface area contributed by atoms with Crippen LogP contribution in [0, 0.1) is 0 Å². The molecule has 11 heteroatoms. The Morgan fingerprint density at radius 1 is 0.731 bits per heavy atom. The van der Waals surface area contributed by atoms with Gasteiger partial charge in [0.2, 0.25) is 0 Å². The standard InChI is InChI=1S/C41H70NO9P/c1-3-5-7-9-11-13-15-17-19-21-23-25-27-31-40(43)47-35-37(36-49-52(45,46)48-34-33-42)50-41(44)32-28-30-39-38(51-39)29-26-24-22-20-18-16-14-12-10-8-6-4-2/h6,8,12,14,18,20,22,24,26,29,37-39H,3-5,7,9-11,13,15-17,19,21,23,25,27-28,30-36,42H2,1-2H3,(H,45,46)/b8-6-,14-12-,20-18-,24-22+,29-26+. The minimum absolute atomic E-state index is 0.0199. The number of allylic oxidation sites excluding steroid dienone is 9. The van der Waals surface area contributed by atoms with E-state index in [-0.39, 0.29) is 44.8 Å². The molecule has 0 aliphatic carbocycles. The number of hydrogen-bond donors (Lipinski definition) is 2. The van der Waals surface area contributed by atoms with E-state index in [1.807, 2.05) is 30.4 Å². The van der Waals surface area contributed by atoms with Gasteiger partial charge < -0.3 is 24.8 Å². The van der Waals surface area contributed by atoms with Crippen LogP contribution in [-0.4, -0.2) is 61.5 Å². The van der Waals surface area contributed by atoms with Gasteiger partial charge in [0.1, 0.15) is 12.7 Å². The summed E-state index contributed by atoms with van der Waals surface area (Å²) in [5.41, 5.74) is 5.33. The molecule has 0 bridgehead atoms. The number of esters is 2. The molecule has 1 fully saturated rings. The lowest BCUT2D eigenvalue weighted by atomic mass is 10.0. The van der Waals surface area contributed by atoms with Crippen molar-refractivity contribution in [2.75, 3.05) is 26.4 Å². The van der Waals surface area contributed by atoms with E-state index in [1.54, 1.807) is 0 Å². The largest absolute Gasteiger partial charge is 0.472 e. The minimum atomic E-state index is -4.40. The smallest absolute Gasteiger partial charge is 0.462 e. The first-order chi connectivity index (χ1) is 25.3. The van der Waals surface area contributed by atoms with Crippen LogP contribution in [0.1, 0.15) is 142 Å². The van der Waals surface area contributed by atoms with Crippen LogP contribution < -0.4 is 5.73 Å². The Labute approximate surface area is 314 Å². The van der Waals surface area contributed by atoms with Crippen molar-refractivity contribution in [2.24, 2.45) is 5.73 Å². The topological polar surface area (TPSA) is 147 Å². The van der Waals surface area contributed by atoms with Crippen molar-refractivity contribution in [1.82, 2.24) is 0 Å². The molecular weight excluding hydrogens is 681 g/mol. The van der Waals surface area contributed by atoms with E-state index in [0.29, 0.717) is 12.8 Å². The Balaban J connectivity index is 2.30. The highest BCUT2D eigenvalue weighted by atomic mass is 31.2. The summed E-state index contributed by atoms with van der Waals surface area (Å²) in [7, 11) is -4.40. The number of ether oxygens (including phenoxy) is 3. The lowest BCUT2D eigenvalue weighted by molar-refractivity contribution is -0.161. The summed E-state index contributed by atoms with van der Waals surface area (Å²) < 4.78 is 38.4. The zero-order chi connectivity index (χ0) is 38.0. The second-order valence-electron chi connectivity index (χ2n) is 13.2. The average Bonchev–Trinajstić information content (AvgIpc) is 3.88. The van der Waals surface area contributed by atoms with E-state index in [0.717, 1.165) is 38.5 Å². The van der Waals surface area contributed by atoms with Gasteiger partial charge in [0, 0.05) is 19.4 Å². The minimum Gasteiger partial charge on any atom is -0.462 e. The van der Waals surface area contributed by atoms with Gasteiger partial charge in [0.05, 0.1) is 19.3 Å². The number of hydrogen-bond acceptors (Lipinski definition) is 9. The first-order valence-electron chi connectivity index (χ1n) is 19.9. The maximum absolute atomic E-state index is 12.6. The summed E-state index contributed by atoms with van der Waals surface area (Å²) in [6, 6.07) is 0. The second kappa shape index (κ2) is 33.3. The van der Waals surface area contributed by atoms with E-state index in [1.165, 1.54) is 64.2 Å². The van der Waals surface area contributed by atoms with E-state index in [4.69, 9.17) is 29.0 Å². The predicted octanol–water partition coefficient (Wildman–Crippen LogP) is 9.92. The Bertz CT molecular complexity index is 1100. The van der Waals surface area contributed by atoms with Gasteiger partial charge in [-0.3, -0.25) is 18.6 Å². The summed E-state index contributed by atoms with van der Waals surface area (Å²) in [4.78, 5) is 34.9. The zero-order valence-corrected chi connectivity index (χ0v) is 33.1. The summed E-state index contributed by atoms with van der Waals surface area (Å²) in [6.45, 7) is 3.48. The average molecular weight is 752 g/mol. The van der Waals surface area contributed by atoms with Crippen molar-refractivity contribution in [1.29, 1.82) is 0 Å². The second-order valence-corrected chi connectivity index (χ2v) is 14.7. The molecule has 1 aliphatic rings. The molecule has 4 atom stereocenters. The fraction of sp³-hybridized carbons (Fsp3) is 0.707. The Hall–Kier alpha value is -2.33. The van der Waals surface area contributed by atoms with Crippen LogP contribution in [0.2, 0.25) is 0 Å². The molecule has 0 aromatic rings. The van der Waals surface area contributed by atoms with Gasteiger partial charge in [0.25, 0.3) is 0 Å². The van der Waals surface area contributed by atoms with Gasteiger partial charge >= 0.3 is 19.8 Å². The highest BCUT2D eigenvalue weighted by Gasteiger charge is 2.35. The van der Waals surface area contributed by atoms with Crippen molar-refractivity contribution >= 4 is 19.8 Å². The van der Waals surface area contributed by atoms with Crippen molar-refractivity contribution in [3.05, 3.63) is 60.8 Å². The molecule has 10 nitrogen and oxygen atoms in total. The van der Waals surface area contributed by atoms with E-state index in [2.05, 4.69) is 44.2 Å². The van der Waals surface area contributed by atoms with Crippen LogP contribution >= 0.6 is 7.82 Å². The molecule has 0 spiro atoms. The van der Waals surface area contributed by atoms with Gasteiger partial charge in [-0.25, -0.2) is 4.57 Å². The van der Waals surface area contributed by atoms with Crippen molar-refractivity contribution in [2.45, 2.75) is 161 Å². The quantitative estimate of drug-likeness (QED) is 0.0160. The monoisotopic (exact) mass is 751 g/mol. The van der Waals surface area contributed by atoms with Gasteiger partial charge in [-0.1, -0.05) is 152 Å². The van der Waals surface area contributed by atoms with Gasteiger partial charge in [-0.2, -0.15) is 0 Å². The van der Waals surface area contributed by atoms with Crippen LogP contribution in [-0.2, 0) is 37.4 Å². The number of nitrogens with two attached hydrogens (primary N) is 1. The molecule has 298 valence electrons. The fourth-order valence-electron chi connectivity index (χ4n) is 5.37. The van der Waals surface area contributed by atoms with Crippen molar-refractivity contribution in [3.8, 4) is 0 Å². The van der Waals surface area contributed by atoms with Gasteiger partial charge in [0.15, 0.2) is 6.10 Å². The van der Waals surface area contributed by atoms with E-state index in [9.17, 15) is 19.0 Å². The maximum atomic E-state index is 12.6. The Kier molecular flexibility index (Phi) is 30.5. The molecule has 0 saturated carbocycles. The normalized spacial score (nSPS) is 17.9. The Morgan fingerprint density at radius 3 is 1.98 bits per heavy atom. The van der Waals surface area contributed by atoms with Crippen LogP contribution in [0.15, 0.2) is 60.8 Å².